The van der Waals surface area contributed by atoms with Crippen LogP contribution in [0.5, 0.6) is 0 Å². The van der Waals surface area contributed by atoms with Gasteiger partial charge < -0.3 is 11.8 Å². The summed E-state index contributed by atoms with van der Waals surface area (Å²) in [7, 11) is 2.14. The Morgan fingerprint density at radius 3 is 2.31 bits per heavy atom. The number of hydrogen-bond acceptors (Lipinski definition) is 3. The van der Waals surface area contributed by atoms with E-state index in [4.69, 9.17) is 9.97 Å². The quantitative estimate of drug-likeness (QED) is 0.513. The molecule has 5 heteroatoms. The third-order valence-electron chi connectivity index (χ3n) is 5.19. The first-order valence-electron chi connectivity index (χ1n) is 10.1. The van der Waals surface area contributed by atoms with E-state index in [9.17, 15) is 4.39 Å². The van der Waals surface area contributed by atoms with E-state index in [-0.39, 0.29) is 24.7 Å². The second-order valence-corrected chi connectivity index (χ2v) is 7.36. The van der Waals surface area contributed by atoms with Gasteiger partial charge in [0.1, 0.15) is 11.6 Å². The summed E-state index contributed by atoms with van der Waals surface area (Å²) in [5, 5.41) is 0.902. The van der Waals surface area contributed by atoms with Crippen molar-refractivity contribution in [1.82, 2.24) is 14.9 Å². The summed E-state index contributed by atoms with van der Waals surface area (Å²) in [6, 6.07) is 14.7. The molecule has 0 atom stereocenters. The van der Waals surface area contributed by atoms with E-state index in [1.54, 1.807) is 12.1 Å². The van der Waals surface area contributed by atoms with Gasteiger partial charge in [0.25, 0.3) is 0 Å². The molecular formula is C24H29FLiN3. The largest absolute Gasteiger partial charge is 1.00 e. The van der Waals surface area contributed by atoms with Crippen molar-refractivity contribution in [3.63, 3.8) is 0 Å². The summed E-state index contributed by atoms with van der Waals surface area (Å²) in [5.74, 6) is 0.951. The second kappa shape index (κ2) is 11.5. The summed E-state index contributed by atoms with van der Waals surface area (Å²) in [5.41, 5.74) is 2.14. The molecule has 1 aliphatic rings. The molecular weight excluding hydrogens is 356 g/mol. The summed E-state index contributed by atoms with van der Waals surface area (Å²) >= 11 is 0. The first-order valence-corrected chi connectivity index (χ1v) is 10.1. The molecule has 0 aliphatic carbocycles. The number of aromatic nitrogens is 2. The van der Waals surface area contributed by atoms with Crippen LogP contribution >= 0.6 is 0 Å². The fourth-order valence-electron chi connectivity index (χ4n) is 3.40. The van der Waals surface area contributed by atoms with Crippen molar-refractivity contribution in [2.45, 2.75) is 38.5 Å². The molecule has 29 heavy (non-hydrogen) atoms. The van der Waals surface area contributed by atoms with Gasteiger partial charge in [0.2, 0.25) is 0 Å². The van der Waals surface area contributed by atoms with Gasteiger partial charge in [0, 0.05) is 16.9 Å². The zero-order chi connectivity index (χ0) is 19.9. The van der Waals surface area contributed by atoms with Crippen molar-refractivity contribution in [3.8, 4) is 11.3 Å². The Morgan fingerprint density at radius 2 is 1.66 bits per heavy atom. The van der Waals surface area contributed by atoms with Crippen molar-refractivity contribution >= 4 is 10.9 Å². The molecule has 0 bridgehead atoms. The van der Waals surface area contributed by atoms with Gasteiger partial charge in [-0.1, -0.05) is 43.7 Å². The van der Waals surface area contributed by atoms with Crippen LogP contribution in [-0.4, -0.2) is 35.0 Å². The first kappa shape index (κ1) is 23.5. The van der Waals surface area contributed by atoms with Gasteiger partial charge in [-0.25, -0.2) is 14.4 Å². The van der Waals surface area contributed by atoms with Crippen molar-refractivity contribution in [3.05, 3.63) is 67.1 Å². The number of hydrogen-bond donors (Lipinski definition) is 0. The molecule has 0 N–H and O–H groups in total. The number of benzene rings is 2. The Hall–Kier alpha value is -1.73. The molecule has 4 rings (SSSR count). The Morgan fingerprint density at radius 1 is 1.03 bits per heavy atom. The number of piperidine rings is 1. The number of likely N-dealkylation sites (tertiary alicyclic amines) is 1. The summed E-state index contributed by atoms with van der Waals surface area (Å²) in [4.78, 5) is 11.9. The van der Waals surface area contributed by atoms with Crippen LogP contribution in [0.25, 0.3) is 22.2 Å². The maximum atomic E-state index is 14.4. The van der Waals surface area contributed by atoms with Crippen LogP contribution in [0.4, 0.5) is 4.39 Å². The summed E-state index contributed by atoms with van der Waals surface area (Å²) in [6.07, 6.45) is 4.37. The number of halogens is 1. The van der Waals surface area contributed by atoms with Crippen LogP contribution in [0, 0.1) is 12.7 Å². The van der Waals surface area contributed by atoms with Gasteiger partial charge >= 0.3 is 18.9 Å². The van der Waals surface area contributed by atoms with E-state index >= 15 is 0 Å². The van der Waals surface area contributed by atoms with Gasteiger partial charge in [0.05, 0.1) is 11.2 Å². The van der Waals surface area contributed by atoms with E-state index < -0.39 is 0 Å². The number of nitrogens with zero attached hydrogens (tertiary/aromatic N) is 3. The van der Waals surface area contributed by atoms with E-state index in [1.807, 2.05) is 30.3 Å². The molecule has 0 spiro atoms. The topological polar surface area (TPSA) is 29.0 Å². The Labute approximate surface area is 185 Å². The van der Waals surface area contributed by atoms with Crippen LogP contribution in [0.1, 0.15) is 44.3 Å². The minimum absolute atomic E-state index is 0. The van der Waals surface area contributed by atoms with Gasteiger partial charge in [0.15, 0.2) is 0 Å². The minimum Gasteiger partial charge on any atom is -0.343 e. The van der Waals surface area contributed by atoms with E-state index in [2.05, 4.69) is 25.8 Å². The van der Waals surface area contributed by atoms with Crippen LogP contribution in [0.3, 0.4) is 0 Å². The molecule has 0 radical (unpaired) electrons. The fourth-order valence-corrected chi connectivity index (χ4v) is 3.40. The molecule has 0 amide bonds. The predicted octanol–water partition coefficient (Wildman–Crippen LogP) is 2.87. The van der Waals surface area contributed by atoms with E-state index in [0.29, 0.717) is 17.2 Å². The van der Waals surface area contributed by atoms with Crippen LogP contribution < -0.4 is 18.9 Å². The van der Waals surface area contributed by atoms with Crippen LogP contribution in [0.2, 0.25) is 0 Å². The minimum atomic E-state index is -0.240. The zero-order valence-corrected chi connectivity index (χ0v) is 17.9. The molecule has 1 fully saturated rings. The first-order chi connectivity index (χ1) is 13.6. The zero-order valence-electron chi connectivity index (χ0n) is 17.9. The average molecular weight is 385 g/mol. The average Bonchev–Trinajstić information content (AvgIpc) is 2.74. The van der Waals surface area contributed by atoms with Crippen LogP contribution in [0.15, 0.2) is 48.5 Å². The van der Waals surface area contributed by atoms with Crippen molar-refractivity contribution in [2.75, 3.05) is 20.1 Å². The number of fused-ring (bicyclic) bond motifs is 1. The number of para-hydroxylation sites is 1. The standard InChI is InChI=1S/C20H20FN3.C4H9.Li/c1-24-12-10-14(11-13-24)20-22-18-9-5-3-7-16(18)19(23-20)15-6-2-4-8-17(15)21;1-3-4-2;/h2-9,14H,10-13H2,1H3;1,3-4H2,2H3;/q;-1;+1. The van der Waals surface area contributed by atoms with Gasteiger partial charge in [-0.2, -0.15) is 6.42 Å². The van der Waals surface area contributed by atoms with E-state index in [1.165, 1.54) is 12.5 Å². The van der Waals surface area contributed by atoms with Crippen molar-refractivity contribution in [2.24, 2.45) is 0 Å². The Bertz CT molecular complexity index is 906. The van der Waals surface area contributed by atoms with Gasteiger partial charge in [-0.3, -0.25) is 0 Å². The second-order valence-electron chi connectivity index (χ2n) is 7.36. The molecule has 2 heterocycles. The normalized spacial score (nSPS) is 14.8. The van der Waals surface area contributed by atoms with Crippen LogP contribution in [-0.2, 0) is 0 Å². The molecule has 148 valence electrons. The summed E-state index contributed by atoms with van der Waals surface area (Å²) in [6.45, 7) is 7.83. The van der Waals surface area contributed by atoms with Gasteiger partial charge in [-0.15, -0.1) is 0 Å². The SMILES string of the molecule is CN1CCC(c2nc(-c3ccccc3F)c3ccccc3n2)CC1.[CH2-]CCC.[Li+]. The fraction of sp³-hybridized carbons (Fsp3) is 0.375. The molecule has 1 aliphatic heterocycles. The maximum absolute atomic E-state index is 14.4. The van der Waals surface area contributed by atoms with E-state index in [0.717, 1.165) is 49.1 Å². The monoisotopic (exact) mass is 385 g/mol. The molecule has 2 aromatic carbocycles. The maximum Gasteiger partial charge on any atom is 1.00 e. The molecule has 0 unspecified atom stereocenters. The van der Waals surface area contributed by atoms with Gasteiger partial charge in [-0.05, 0) is 51.2 Å². The smallest absolute Gasteiger partial charge is 0.343 e. The third kappa shape index (κ3) is 5.89. The molecule has 1 aromatic heterocycles. The Kier molecular flexibility index (Phi) is 9.30. The molecule has 1 saturated heterocycles. The third-order valence-corrected chi connectivity index (χ3v) is 5.19. The Balaban J connectivity index is 0.000000552. The number of unbranched alkanes of at least 4 members (excludes halogenated alkanes) is 1. The summed E-state index contributed by atoms with van der Waals surface area (Å²) < 4.78 is 14.4. The number of rotatable bonds is 3. The van der Waals surface area contributed by atoms with Crippen molar-refractivity contribution in [1.29, 1.82) is 0 Å². The molecule has 3 nitrogen and oxygen atoms in total. The molecule has 3 aromatic rings. The molecule has 0 saturated carbocycles. The van der Waals surface area contributed by atoms with Crippen molar-refractivity contribution < 1.29 is 23.3 Å². The predicted molar refractivity (Wildman–Crippen MR) is 115 cm³/mol.